The van der Waals surface area contributed by atoms with E-state index in [4.69, 9.17) is 0 Å². The molecule has 2 N–H and O–H groups in total. The molecule has 3 aromatic rings. The molecule has 1 aromatic carbocycles. The number of halogens is 2. The van der Waals surface area contributed by atoms with Crippen LogP contribution in [0.15, 0.2) is 56.8 Å². The number of amides is 1. The molecule has 1 amide bonds. The number of nitrogens with one attached hydrogen (secondary N) is 2. The topological polar surface area (TPSA) is 83.6 Å². The van der Waals surface area contributed by atoms with E-state index in [1.165, 1.54) is 11.8 Å². The van der Waals surface area contributed by atoms with E-state index in [9.17, 15) is 4.79 Å². The minimum atomic E-state index is -0.127. The molecule has 2 aromatic heterocycles. The second kappa shape index (κ2) is 7.91. The molecule has 0 atom stereocenters. The van der Waals surface area contributed by atoms with Crippen molar-refractivity contribution in [3.63, 3.8) is 0 Å². The van der Waals surface area contributed by atoms with Crippen LogP contribution in [0.25, 0.3) is 11.4 Å². The first kappa shape index (κ1) is 17.1. The lowest BCUT2D eigenvalue weighted by molar-refractivity contribution is -0.113. The molecule has 3 rings (SSSR count). The number of hydrogen-bond donors (Lipinski definition) is 2. The lowest BCUT2D eigenvalue weighted by Crippen LogP contribution is -2.14. The van der Waals surface area contributed by atoms with Crippen LogP contribution < -0.4 is 5.32 Å². The number of thioether (sulfide) groups is 1. The third kappa shape index (κ3) is 4.43. The van der Waals surface area contributed by atoms with Gasteiger partial charge in [0.05, 0.1) is 11.4 Å². The third-order valence-electron chi connectivity index (χ3n) is 2.96. The predicted octanol–water partition coefficient (Wildman–Crippen LogP) is 4.12. The molecule has 0 saturated carbocycles. The molecule has 0 saturated heterocycles. The molecule has 0 fully saturated rings. The molecular weight excluding hydrogens is 458 g/mol. The van der Waals surface area contributed by atoms with Gasteiger partial charge in [0.25, 0.3) is 0 Å². The molecule has 0 unspecified atom stereocenters. The summed E-state index contributed by atoms with van der Waals surface area (Å²) in [6.45, 7) is 0. The molecule has 0 aliphatic rings. The predicted molar refractivity (Wildman–Crippen MR) is 101 cm³/mol. The third-order valence-corrected chi connectivity index (χ3v) is 4.95. The first-order valence-electron chi connectivity index (χ1n) is 6.82. The Kier molecular flexibility index (Phi) is 5.64. The van der Waals surface area contributed by atoms with E-state index >= 15 is 0 Å². The highest BCUT2D eigenvalue weighted by Gasteiger charge is 2.10. The van der Waals surface area contributed by atoms with Crippen LogP contribution in [0.3, 0.4) is 0 Å². The molecular formula is C15H11Br2N5OS. The molecule has 9 heteroatoms. The van der Waals surface area contributed by atoms with Gasteiger partial charge in [-0.05, 0) is 46.3 Å². The van der Waals surface area contributed by atoms with Crippen molar-refractivity contribution in [1.29, 1.82) is 0 Å². The number of carbonyl (C=O) groups excluding carboxylic acids is 1. The lowest BCUT2D eigenvalue weighted by Gasteiger charge is -2.06. The van der Waals surface area contributed by atoms with Gasteiger partial charge in [-0.1, -0.05) is 27.7 Å². The number of pyridine rings is 1. The zero-order chi connectivity index (χ0) is 16.9. The van der Waals surface area contributed by atoms with E-state index in [0.717, 1.165) is 20.2 Å². The number of aromatic amines is 1. The molecule has 122 valence electrons. The Balaban J connectivity index is 1.58. The van der Waals surface area contributed by atoms with Crippen LogP contribution in [0.5, 0.6) is 0 Å². The first-order valence-corrected chi connectivity index (χ1v) is 9.39. The SMILES string of the molecule is O=C(CSc1n[nH]c(-c2ccncc2)n1)Nc1ccc(Br)cc1Br. The number of rotatable bonds is 5. The number of hydrogen-bond acceptors (Lipinski definition) is 5. The number of benzene rings is 1. The highest BCUT2D eigenvalue weighted by atomic mass is 79.9. The van der Waals surface area contributed by atoms with Gasteiger partial charge >= 0.3 is 0 Å². The maximum atomic E-state index is 12.1. The Morgan fingerprint density at radius 3 is 2.75 bits per heavy atom. The molecule has 0 radical (unpaired) electrons. The summed E-state index contributed by atoms with van der Waals surface area (Å²) in [5, 5.41) is 10.3. The standard InChI is InChI=1S/C15H11Br2N5OS/c16-10-1-2-12(11(17)7-10)19-13(23)8-24-15-20-14(21-22-15)9-3-5-18-6-4-9/h1-7H,8H2,(H,19,23)(H,20,21,22). The number of anilines is 1. The summed E-state index contributed by atoms with van der Waals surface area (Å²) >= 11 is 8.06. The summed E-state index contributed by atoms with van der Waals surface area (Å²) < 4.78 is 1.75. The second-order valence-electron chi connectivity index (χ2n) is 4.66. The largest absolute Gasteiger partial charge is 0.324 e. The van der Waals surface area contributed by atoms with Crippen molar-refractivity contribution in [3.05, 3.63) is 51.7 Å². The van der Waals surface area contributed by atoms with Gasteiger partial charge < -0.3 is 5.32 Å². The van der Waals surface area contributed by atoms with E-state index in [1.807, 2.05) is 30.3 Å². The van der Waals surface area contributed by atoms with E-state index in [2.05, 4.69) is 57.3 Å². The fourth-order valence-corrected chi connectivity index (χ4v) is 3.60. The number of H-pyrrole nitrogens is 1. The number of aromatic nitrogens is 4. The van der Waals surface area contributed by atoms with Crippen LogP contribution in [0.1, 0.15) is 0 Å². The summed E-state index contributed by atoms with van der Waals surface area (Å²) in [6, 6.07) is 9.24. The van der Waals surface area contributed by atoms with E-state index in [1.54, 1.807) is 12.4 Å². The molecule has 0 aliphatic carbocycles. The van der Waals surface area contributed by atoms with Gasteiger partial charge in [-0.2, -0.15) is 0 Å². The van der Waals surface area contributed by atoms with Gasteiger partial charge in [0.1, 0.15) is 0 Å². The highest BCUT2D eigenvalue weighted by Crippen LogP contribution is 2.26. The fraction of sp³-hybridized carbons (Fsp3) is 0.0667. The first-order chi connectivity index (χ1) is 11.6. The summed E-state index contributed by atoms with van der Waals surface area (Å²) in [7, 11) is 0. The van der Waals surface area contributed by atoms with Crippen LogP contribution in [0, 0.1) is 0 Å². The van der Waals surface area contributed by atoms with Crippen LogP contribution in [0.2, 0.25) is 0 Å². The summed E-state index contributed by atoms with van der Waals surface area (Å²) in [5.41, 5.74) is 1.61. The quantitative estimate of drug-likeness (QED) is 0.550. The van der Waals surface area contributed by atoms with Gasteiger partial charge in [0, 0.05) is 26.9 Å². The van der Waals surface area contributed by atoms with E-state index in [-0.39, 0.29) is 11.7 Å². The van der Waals surface area contributed by atoms with Crippen molar-refractivity contribution in [1.82, 2.24) is 20.2 Å². The Bertz CT molecular complexity index is 856. The normalized spacial score (nSPS) is 10.6. The van der Waals surface area contributed by atoms with E-state index in [0.29, 0.717) is 11.0 Å². The van der Waals surface area contributed by atoms with Crippen LogP contribution >= 0.6 is 43.6 Å². The molecule has 0 bridgehead atoms. The Morgan fingerprint density at radius 1 is 1.21 bits per heavy atom. The Labute approximate surface area is 159 Å². The highest BCUT2D eigenvalue weighted by molar-refractivity contribution is 9.11. The number of carbonyl (C=O) groups is 1. The van der Waals surface area contributed by atoms with E-state index < -0.39 is 0 Å². The summed E-state index contributed by atoms with van der Waals surface area (Å²) in [5.74, 6) is 0.741. The van der Waals surface area contributed by atoms with Crippen molar-refractivity contribution >= 4 is 55.2 Å². The van der Waals surface area contributed by atoms with Crippen LogP contribution in [0.4, 0.5) is 5.69 Å². The van der Waals surface area contributed by atoms with Gasteiger partial charge in [-0.25, -0.2) is 4.98 Å². The fourth-order valence-electron chi connectivity index (χ4n) is 1.86. The van der Waals surface area contributed by atoms with Gasteiger partial charge in [-0.3, -0.25) is 14.9 Å². The van der Waals surface area contributed by atoms with Gasteiger partial charge in [-0.15, -0.1) is 5.10 Å². The Morgan fingerprint density at radius 2 is 2.00 bits per heavy atom. The molecule has 2 heterocycles. The van der Waals surface area contributed by atoms with Crippen LogP contribution in [-0.4, -0.2) is 31.8 Å². The molecule has 24 heavy (non-hydrogen) atoms. The maximum Gasteiger partial charge on any atom is 0.234 e. The minimum Gasteiger partial charge on any atom is -0.324 e. The average Bonchev–Trinajstić information content (AvgIpc) is 3.05. The lowest BCUT2D eigenvalue weighted by atomic mass is 10.3. The molecule has 0 aliphatic heterocycles. The maximum absolute atomic E-state index is 12.1. The monoisotopic (exact) mass is 467 g/mol. The van der Waals surface area contributed by atoms with Crippen molar-refractivity contribution in [2.45, 2.75) is 5.16 Å². The number of nitrogens with zero attached hydrogens (tertiary/aromatic N) is 3. The summed E-state index contributed by atoms with van der Waals surface area (Å²) in [4.78, 5) is 20.4. The van der Waals surface area contributed by atoms with Crippen molar-refractivity contribution < 1.29 is 4.79 Å². The van der Waals surface area contributed by atoms with Crippen LogP contribution in [-0.2, 0) is 4.79 Å². The minimum absolute atomic E-state index is 0.127. The Hall–Kier alpha value is -1.71. The second-order valence-corrected chi connectivity index (χ2v) is 7.38. The van der Waals surface area contributed by atoms with Crippen molar-refractivity contribution in [2.75, 3.05) is 11.1 Å². The van der Waals surface area contributed by atoms with Crippen molar-refractivity contribution in [3.8, 4) is 11.4 Å². The zero-order valence-electron chi connectivity index (χ0n) is 12.2. The van der Waals surface area contributed by atoms with Crippen molar-refractivity contribution in [2.24, 2.45) is 0 Å². The zero-order valence-corrected chi connectivity index (χ0v) is 16.2. The molecule has 0 spiro atoms. The van der Waals surface area contributed by atoms with Gasteiger partial charge in [0.15, 0.2) is 5.82 Å². The smallest absolute Gasteiger partial charge is 0.234 e. The molecule has 6 nitrogen and oxygen atoms in total. The summed E-state index contributed by atoms with van der Waals surface area (Å²) in [6.07, 6.45) is 3.38. The van der Waals surface area contributed by atoms with Gasteiger partial charge in [0.2, 0.25) is 11.1 Å². The average molecular weight is 469 g/mol.